The molecule has 1 aliphatic carbocycles. The zero-order chi connectivity index (χ0) is 13.9. The molecule has 0 radical (unpaired) electrons. The van der Waals surface area contributed by atoms with Crippen LogP contribution >= 0.6 is 0 Å². The van der Waals surface area contributed by atoms with E-state index < -0.39 is 5.60 Å². The standard InChI is InChI=1S/C14H20N2O3/c1-10-7-11(9-15-13(10)18)16-12(17)8-14(19)5-3-2-4-6-14/h7,9,19H,2-6,8H2,1H3,(H,15,18)(H,16,17). The van der Waals surface area contributed by atoms with Crippen molar-refractivity contribution >= 4 is 11.6 Å². The second-order valence-corrected chi connectivity index (χ2v) is 5.41. The second kappa shape index (κ2) is 5.57. The zero-order valence-corrected chi connectivity index (χ0v) is 11.2. The van der Waals surface area contributed by atoms with E-state index in [2.05, 4.69) is 10.3 Å². The molecule has 0 aromatic carbocycles. The summed E-state index contributed by atoms with van der Waals surface area (Å²) in [7, 11) is 0. The van der Waals surface area contributed by atoms with Gasteiger partial charge in [0.15, 0.2) is 0 Å². The van der Waals surface area contributed by atoms with Crippen LogP contribution in [0.4, 0.5) is 5.69 Å². The van der Waals surface area contributed by atoms with Crippen molar-refractivity contribution in [2.75, 3.05) is 5.32 Å². The second-order valence-electron chi connectivity index (χ2n) is 5.41. The van der Waals surface area contributed by atoms with E-state index >= 15 is 0 Å². The summed E-state index contributed by atoms with van der Waals surface area (Å²) in [5.41, 5.74) is 0.0825. The summed E-state index contributed by atoms with van der Waals surface area (Å²) in [6.07, 6.45) is 6.03. The minimum atomic E-state index is -0.862. The molecule has 104 valence electrons. The molecule has 19 heavy (non-hydrogen) atoms. The van der Waals surface area contributed by atoms with Crippen LogP contribution in [0.2, 0.25) is 0 Å². The number of hydrogen-bond donors (Lipinski definition) is 3. The predicted octanol–water partition coefficient (Wildman–Crippen LogP) is 1.71. The minimum absolute atomic E-state index is 0.116. The van der Waals surface area contributed by atoms with Gasteiger partial charge >= 0.3 is 0 Å². The number of hydrogen-bond acceptors (Lipinski definition) is 3. The third-order valence-corrected chi connectivity index (χ3v) is 3.65. The van der Waals surface area contributed by atoms with Gasteiger partial charge in [-0.05, 0) is 25.8 Å². The van der Waals surface area contributed by atoms with Gasteiger partial charge in [0.1, 0.15) is 0 Å². The van der Waals surface area contributed by atoms with Gasteiger partial charge in [0, 0.05) is 11.8 Å². The molecule has 0 saturated heterocycles. The highest BCUT2D eigenvalue weighted by Gasteiger charge is 2.31. The molecule has 1 amide bonds. The molecule has 0 atom stereocenters. The predicted molar refractivity (Wildman–Crippen MR) is 73.1 cm³/mol. The average molecular weight is 264 g/mol. The number of anilines is 1. The highest BCUT2D eigenvalue weighted by molar-refractivity contribution is 5.91. The van der Waals surface area contributed by atoms with Gasteiger partial charge < -0.3 is 15.4 Å². The molecule has 0 aliphatic heterocycles. The Morgan fingerprint density at radius 3 is 2.74 bits per heavy atom. The lowest BCUT2D eigenvalue weighted by Crippen LogP contribution is -2.36. The highest BCUT2D eigenvalue weighted by atomic mass is 16.3. The fraction of sp³-hybridized carbons (Fsp3) is 0.571. The highest BCUT2D eigenvalue weighted by Crippen LogP contribution is 2.31. The Morgan fingerprint density at radius 2 is 2.11 bits per heavy atom. The maximum absolute atomic E-state index is 11.9. The van der Waals surface area contributed by atoms with Crippen molar-refractivity contribution in [3.63, 3.8) is 0 Å². The summed E-state index contributed by atoms with van der Waals surface area (Å²) in [4.78, 5) is 25.7. The van der Waals surface area contributed by atoms with E-state index in [4.69, 9.17) is 0 Å². The quantitative estimate of drug-likeness (QED) is 0.777. The molecule has 0 spiro atoms. The Bertz CT molecular complexity index is 516. The maximum Gasteiger partial charge on any atom is 0.250 e. The smallest absolute Gasteiger partial charge is 0.250 e. The Morgan fingerprint density at radius 1 is 1.42 bits per heavy atom. The molecule has 1 aliphatic rings. The van der Waals surface area contributed by atoms with Crippen molar-refractivity contribution in [2.24, 2.45) is 0 Å². The molecule has 1 aromatic rings. The topological polar surface area (TPSA) is 82.2 Å². The van der Waals surface area contributed by atoms with Crippen molar-refractivity contribution in [3.05, 3.63) is 28.2 Å². The molecule has 1 aromatic heterocycles. The van der Waals surface area contributed by atoms with E-state index in [1.165, 1.54) is 6.20 Å². The summed E-state index contributed by atoms with van der Waals surface area (Å²) in [6, 6.07) is 1.63. The number of nitrogens with one attached hydrogen (secondary N) is 2. The van der Waals surface area contributed by atoms with Gasteiger partial charge in [-0.1, -0.05) is 19.3 Å². The minimum Gasteiger partial charge on any atom is -0.389 e. The number of aliphatic hydroxyl groups is 1. The first-order valence-electron chi connectivity index (χ1n) is 6.70. The molecule has 1 heterocycles. The van der Waals surface area contributed by atoms with Crippen molar-refractivity contribution in [2.45, 2.75) is 51.0 Å². The SMILES string of the molecule is Cc1cc(NC(=O)CC2(O)CCCCC2)c[nH]c1=O. The van der Waals surface area contributed by atoms with Crippen LogP contribution in [0.5, 0.6) is 0 Å². The molecule has 5 nitrogen and oxygen atoms in total. The molecule has 2 rings (SSSR count). The van der Waals surface area contributed by atoms with Crippen LogP contribution in [-0.2, 0) is 4.79 Å². The Hall–Kier alpha value is -1.62. The van der Waals surface area contributed by atoms with Crippen LogP contribution in [0.25, 0.3) is 0 Å². The number of carbonyl (C=O) groups is 1. The van der Waals surface area contributed by atoms with Crippen LogP contribution < -0.4 is 10.9 Å². The number of aromatic amines is 1. The third-order valence-electron chi connectivity index (χ3n) is 3.65. The first kappa shape index (κ1) is 13.8. The summed E-state index contributed by atoms with van der Waals surface area (Å²) < 4.78 is 0. The number of carbonyl (C=O) groups excluding carboxylic acids is 1. The zero-order valence-electron chi connectivity index (χ0n) is 11.2. The Kier molecular flexibility index (Phi) is 4.04. The fourth-order valence-corrected chi connectivity index (χ4v) is 2.56. The lowest BCUT2D eigenvalue weighted by atomic mass is 9.82. The largest absolute Gasteiger partial charge is 0.389 e. The summed E-state index contributed by atoms with van der Waals surface area (Å²) in [6.45, 7) is 1.68. The van der Waals surface area contributed by atoms with E-state index in [0.717, 1.165) is 19.3 Å². The number of aryl methyl sites for hydroxylation is 1. The van der Waals surface area contributed by atoms with Crippen molar-refractivity contribution < 1.29 is 9.90 Å². The lowest BCUT2D eigenvalue weighted by molar-refractivity contribution is -0.122. The molecule has 1 saturated carbocycles. The van der Waals surface area contributed by atoms with Crippen LogP contribution in [0, 0.1) is 6.92 Å². The summed E-state index contributed by atoms with van der Waals surface area (Å²) >= 11 is 0. The van der Waals surface area contributed by atoms with Gasteiger partial charge in [0.2, 0.25) is 5.91 Å². The van der Waals surface area contributed by atoms with Gasteiger partial charge in [-0.25, -0.2) is 0 Å². The first-order valence-corrected chi connectivity index (χ1v) is 6.70. The monoisotopic (exact) mass is 264 g/mol. The van der Waals surface area contributed by atoms with Gasteiger partial charge in [-0.2, -0.15) is 0 Å². The van der Waals surface area contributed by atoms with Crippen molar-refractivity contribution in [1.82, 2.24) is 4.98 Å². The first-order chi connectivity index (χ1) is 8.98. The lowest BCUT2D eigenvalue weighted by Gasteiger charge is -2.31. The third kappa shape index (κ3) is 3.67. The molecule has 5 heteroatoms. The molecule has 1 fully saturated rings. The van der Waals surface area contributed by atoms with Gasteiger partial charge in [-0.3, -0.25) is 9.59 Å². The van der Waals surface area contributed by atoms with Gasteiger partial charge in [0.25, 0.3) is 5.56 Å². The fourth-order valence-electron chi connectivity index (χ4n) is 2.56. The summed E-state index contributed by atoms with van der Waals surface area (Å²) in [5, 5.41) is 13.0. The molecule has 0 unspecified atom stereocenters. The molecule has 3 N–H and O–H groups in total. The van der Waals surface area contributed by atoms with Gasteiger partial charge in [-0.15, -0.1) is 0 Å². The normalized spacial score (nSPS) is 18.0. The van der Waals surface area contributed by atoms with E-state index in [1.54, 1.807) is 13.0 Å². The van der Waals surface area contributed by atoms with E-state index in [-0.39, 0.29) is 17.9 Å². The molecular weight excluding hydrogens is 244 g/mol. The van der Waals surface area contributed by atoms with Crippen LogP contribution in [-0.4, -0.2) is 21.6 Å². The van der Waals surface area contributed by atoms with E-state index in [0.29, 0.717) is 24.1 Å². The van der Waals surface area contributed by atoms with E-state index in [1.807, 2.05) is 0 Å². The van der Waals surface area contributed by atoms with Crippen LogP contribution in [0.1, 0.15) is 44.1 Å². The number of pyridine rings is 1. The van der Waals surface area contributed by atoms with Crippen LogP contribution in [0.15, 0.2) is 17.1 Å². The maximum atomic E-state index is 11.9. The van der Waals surface area contributed by atoms with E-state index in [9.17, 15) is 14.7 Å². The van der Waals surface area contributed by atoms with Crippen molar-refractivity contribution in [1.29, 1.82) is 0 Å². The Labute approximate surface area is 112 Å². The Balaban J connectivity index is 1.97. The number of aromatic nitrogens is 1. The van der Waals surface area contributed by atoms with Gasteiger partial charge in [0.05, 0.1) is 17.7 Å². The number of amides is 1. The number of rotatable bonds is 3. The number of H-pyrrole nitrogens is 1. The van der Waals surface area contributed by atoms with Crippen molar-refractivity contribution in [3.8, 4) is 0 Å². The molecular formula is C14H20N2O3. The average Bonchev–Trinajstić information content (AvgIpc) is 2.34. The van der Waals surface area contributed by atoms with Crippen LogP contribution in [0.3, 0.4) is 0 Å². The summed E-state index contributed by atoms with van der Waals surface area (Å²) in [5.74, 6) is -0.212. The molecule has 0 bridgehead atoms.